The monoisotopic (exact) mass is 173 g/mol. The molecule has 0 aromatic carbocycles. The Morgan fingerprint density at radius 1 is 1.42 bits per heavy atom. The van der Waals surface area contributed by atoms with Crippen LogP contribution in [0, 0.1) is 5.92 Å². The quantitative estimate of drug-likeness (QED) is 0.691. The standard InChI is InChI=1S/C10H20FN/c1-8(12-2)7-9-5-3-4-6-10(9)11/h8-10,12H,3-7H2,1-2H3. The molecule has 3 atom stereocenters. The highest BCUT2D eigenvalue weighted by Crippen LogP contribution is 2.30. The molecule has 1 saturated carbocycles. The van der Waals surface area contributed by atoms with Gasteiger partial charge in [0.1, 0.15) is 6.17 Å². The Hall–Kier alpha value is -0.110. The Morgan fingerprint density at radius 2 is 2.08 bits per heavy atom. The molecule has 0 heterocycles. The van der Waals surface area contributed by atoms with Crippen LogP contribution in [0.15, 0.2) is 0 Å². The number of halogens is 1. The van der Waals surface area contributed by atoms with Crippen LogP contribution in [0.1, 0.15) is 39.0 Å². The fourth-order valence-electron chi connectivity index (χ4n) is 2.00. The summed E-state index contributed by atoms with van der Waals surface area (Å²) >= 11 is 0. The summed E-state index contributed by atoms with van der Waals surface area (Å²) in [4.78, 5) is 0. The topological polar surface area (TPSA) is 12.0 Å². The maximum Gasteiger partial charge on any atom is 0.103 e. The van der Waals surface area contributed by atoms with E-state index in [1.807, 2.05) is 7.05 Å². The van der Waals surface area contributed by atoms with Gasteiger partial charge in [-0.25, -0.2) is 4.39 Å². The van der Waals surface area contributed by atoms with Crippen molar-refractivity contribution in [3.63, 3.8) is 0 Å². The van der Waals surface area contributed by atoms with Crippen molar-refractivity contribution >= 4 is 0 Å². The second-order valence-corrected chi connectivity index (χ2v) is 3.99. The second kappa shape index (κ2) is 4.80. The molecule has 0 bridgehead atoms. The highest BCUT2D eigenvalue weighted by atomic mass is 19.1. The number of nitrogens with one attached hydrogen (secondary N) is 1. The first kappa shape index (κ1) is 9.97. The van der Waals surface area contributed by atoms with Gasteiger partial charge in [0.15, 0.2) is 0 Å². The van der Waals surface area contributed by atoms with Crippen molar-refractivity contribution in [3.05, 3.63) is 0 Å². The van der Waals surface area contributed by atoms with Crippen LogP contribution < -0.4 is 5.32 Å². The van der Waals surface area contributed by atoms with Crippen LogP contribution in [-0.4, -0.2) is 19.3 Å². The molecule has 0 amide bonds. The summed E-state index contributed by atoms with van der Waals surface area (Å²) in [5.74, 6) is 0.321. The molecule has 1 aliphatic carbocycles. The van der Waals surface area contributed by atoms with Crippen LogP contribution >= 0.6 is 0 Å². The van der Waals surface area contributed by atoms with E-state index >= 15 is 0 Å². The van der Waals surface area contributed by atoms with E-state index in [1.54, 1.807) is 0 Å². The highest BCUT2D eigenvalue weighted by Gasteiger charge is 2.25. The Labute approximate surface area is 74.7 Å². The third kappa shape index (κ3) is 2.74. The summed E-state index contributed by atoms with van der Waals surface area (Å²) < 4.78 is 13.3. The molecule has 1 fully saturated rings. The van der Waals surface area contributed by atoms with Crippen molar-refractivity contribution in [1.29, 1.82) is 0 Å². The highest BCUT2D eigenvalue weighted by molar-refractivity contribution is 4.77. The van der Waals surface area contributed by atoms with Gasteiger partial charge in [-0.1, -0.05) is 12.8 Å². The van der Waals surface area contributed by atoms with Crippen LogP contribution in [0.25, 0.3) is 0 Å². The van der Waals surface area contributed by atoms with Gasteiger partial charge < -0.3 is 5.32 Å². The largest absolute Gasteiger partial charge is 0.317 e. The van der Waals surface area contributed by atoms with Crippen LogP contribution in [-0.2, 0) is 0 Å². The summed E-state index contributed by atoms with van der Waals surface area (Å²) in [6.45, 7) is 2.13. The maximum absolute atomic E-state index is 13.3. The normalized spacial score (nSPS) is 33.2. The summed E-state index contributed by atoms with van der Waals surface area (Å²) in [6, 6.07) is 0.464. The van der Waals surface area contributed by atoms with Crippen LogP contribution in [0.5, 0.6) is 0 Å². The lowest BCUT2D eigenvalue weighted by Gasteiger charge is -2.27. The second-order valence-electron chi connectivity index (χ2n) is 3.99. The van der Waals surface area contributed by atoms with Crippen molar-refractivity contribution in [2.24, 2.45) is 5.92 Å². The lowest BCUT2D eigenvalue weighted by molar-refractivity contribution is 0.149. The minimum absolute atomic E-state index is 0.321. The number of alkyl halides is 1. The van der Waals surface area contributed by atoms with E-state index in [2.05, 4.69) is 12.2 Å². The van der Waals surface area contributed by atoms with E-state index in [9.17, 15) is 4.39 Å². The van der Waals surface area contributed by atoms with Gasteiger partial charge in [-0.05, 0) is 39.2 Å². The predicted octanol–water partition coefficient (Wildman–Crippen LogP) is 2.51. The van der Waals surface area contributed by atoms with Crippen molar-refractivity contribution < 1.29 is 4.39 Å². The molecule has 1 rings (SSSR count). The predicted molar refractivity (Wildman–Crippen MR) is 50.0 cm³/mol. The molecule has 12 heavy (non-hydrogen) atoms. The average molecular weight is 173 g/mol. The van der Waals surface area contributed by atoms with Gasteiger partial charge in [0.25, 0.3) is 0 Å². The van der Waals surface area contributed by atoms with E-state index in [4.69, 9.17) is 0 Å². The van der Waals surface area contributed by atoms with Gasteiger partial charge >= 0.3 is 0 Å². The minimum Gasteiger partial charge on any atom is -0.317 e. The lowest BCUT2D eigenvalue weighted by Crippen LogP contribution is -2.30. The summed E-state index contributed by atoms with van der Waals surface area (Å²) in [5.41, 5.74) is 0. The zero-order valence-electron chi connectivity index (χ0n) is 8.15. The summed E-state index contributed by atoms with van der Waals surface area (Å²) in [7, 11) is 1.95. The SMILES string of the molecule is CNC(C)CC1CCCCC1F. The molecular weight excluding hydrogens is 153 g/mol. The van der Waals surface area contributed by atoms with Gasteiger partial charge in [-0.3, -0.25) is 0 Å². The zero-order chi connectivity index (χ0) is 8.97. The molecule has 0 spiro atoms. The van der Waals surface area contributed by atoms with Gasteiger partial charge in [-0.15, -0.1) is 0 Å². The molecule has 0 aliphatic heterocycles. The Bertz CT molecular complexity index is 127. The fraction of sp³-hybridized carbons (Fsp3) is 1.00. The Balaban J connectivity index is 2.28. The maximum atomic E-state index is 13.3. The molecule has 1 N–H and O–H groups in total. The van der Waals surface area contributed by atoms with Crippen LogP contribution in [0.3, 0.4) is 0 Å². The molecule has 3 unspecified atom stereocenters. The first-order valence-corrected chi connectivity index (χ1v) is 5.05. The van der Waals surface area contributed by atoms with Crippen LogP contribution in [0.4, 0.5) is 4.39 Å². The van der Waals surface area contributed by atoms with E-state index in [0.29, 0.717) is 12.0 Å². The molecular formula is C10H20FN. The van der Waals surface area contributed by atoms with Gasteiger partial charge in [-0.2, -0.15) is 0 Å². The minimum atomic E-state index is -0.533. The molecule has 1 aliphatic rings. The van der Waals surface area contributed by atoms with Gasteiger partial charge in [0.2, 0.25) is 0 Å². The van der Waals surface area contributed by atoms with Crippen LogP contribution in [0.2, 0.25) is 0 Å². The molecule has 0 radical (unpaired) electrons. The zero-order valence-corrected chi connectivity index (χ0v) is 8.15. The molecule has 0 aromatic rings. The Morgan fingerprint density at radius 3 is 2.67 bits per heavy atom. The smallest absolute Gasteiger partial charge is 0.103 e. The third-order valence-electron chi connectivity index (χ3n) is 2.97. The average Bonchev–Trinajstić information content (AvgIpc) is 2.09. The molecule has 0 aromatic heterocycles. The van der Waals surface area contributed by atoms with E-state index < -0.39 is 6.17 Å². The summed E-state index contributed by atoms with van der Waals surface area (Å²) in [5, 5.41) is 3.17. The fourth-order valence-corrected chi connectivity index (χ4v) is 2.00. The third-order valence-corrected chi connectivity index (χ3v) is 2.97. The Kier molecular flexibility index (Phi) is 3.99. The van der Waals surface area contributed by atoms with Crippen molar-refractivity contribution in [3.8, 4) is 0 Å². The first-order valence-electron chi connectivity index (χ1n) is 5.05. The molecule has 72 valence electrons. The van der Waals surface area contributed by atoms with Crippen molar-refractivity contribution in [1.82, 2.24) is 5.32 Å². The van der Waals surface area contributed by atoms with Gasteiger partial charge in [0.05, 0.1) is 0 Å². The number of hydrogen-bond acceptors (Lipinski definition) is 1. The van der Waals surface area contributed by atoms with Crippen molar-refractivity contribution in [2.45, 2.75) is 51.2 Å². The number of hydrogen-bond donors (Lipinski definition) is 1. The van der Waals surface area contributed by atoms with E-state index in [0.717, 1.165) is 25.7 Å². The molecule has 2 heteroatoms. The summed E-state index contributed by atoms with van der Waals surface area (Å²) in [6.07, 6.45) is 4.66. The van der Waals surface area contributed by atoms with E-state index in [-0.39, 0.29) is 0 Å². The van der Waals surface area contributed by atoms with E-state index in [1.165, 1.54) is 6.42 Å². The lowest BCUT2D eigenvalue weighted by atomic mass is 9.83. The number of rotatable bonds is 3. The van der Waals surface area contributed by atoms with Gasteiger partial charge in [0, 0.05) is 6.04 Å². The first-order chi connectivity index (χ1) is 5.74. The van der Waals surface area contributed by atoms with Crippen molar-refractivity contribution in [2.75, 3.05) is 7.05 Å². The molecule has 0 saturated heterocycles. The molecule has 1 nitrogen and oxygen atoms in total.